The van der Waals surface area contributed by atoms with E-state index in [9.17, 15) is 9.59 Å². The number of hydrogen-bond acceptors (Lipinski definition) is 5. The Kier molecular flexibility index (Phi) is 8.88. The second kappa shape index (κ2) is 11.4. The maximum atomic E-state index is 12.3. The van der Waals surface area contributed by atoms with E-state index in [1.165, 1.54) is 0 Å². The molecule has 0 radical (unpaired) electrons. The molecule has 0 atom stereocenters. The molecule has 2 amide bonds. The number of amides is 2. The van der Waals surface area contributed by atoms with Gasteiger partial charge in [0.2, 0.25) is 0 Å². The number of hydrazine groups is 1. The fourth-order valence-corrected chi connectivity index (χ4v) is 2.56. The monoisotopic (exact) mass is 479 g/mol. The van der Waals surface area contributed by atoms with Crippen molar-refractivity contribution in [2.24, 2.45) is 0 Å². The molecular formula is C20H22BrN3O4S. The minimum absolute atomic E-state index is 0.0392. The normalized spacial score (nSPS) is 10.0. The van der Waals surface area contributed by atoms with Gasteiger partial charge in [-0.1, -0.05) is 28.9 Å². The minimum atomic E-state index is -0.447. The molecule has 0 aliphatic heterocycles. The quantitative estimate of drug-likeness (QED) is 0.417. The van der Waals surface area contributed by atoms with Gasteiger partial charge in [-0.2, -0.15) is 0 Å². The third-order valence-corrected chi connectivity index (χ3v) is 4.70. The first kappa shape index (κ1) is 22.6. The van der Waals surface area contributed by atoms with Gasteiger partial charge in [0, 0.05) is 10.0 Å². The lowest BCUT2D eigenvalue weighted by Gasteiger charge is -2.12. The van der Waals surface area contributed by atoms with Gasteiger partial charge in [-0.05, 0) is 67.5 Å². The summed E-state index contributed by atoms with van der Waals surface area (Å²) in [7, 11) is 0. The first-order chi connectivity index (χ1) is 13.9. The molecule has 2 aromatic rings. The fraction of sp³-hybridized carbons (Fsp3) is 0.250. The molecule has 0 saturated heterocycles. The largest absolute Gasteiger partial charge is 0.494 e. The summed E-state index contributed by atoms with van der Waals surface area (Å²) in [5, 5.41) is 2.45. The van der Waals surface area contributed by atoms with Crippen molar-refractivity contribution in [3.8, 4) is 11.5 Å². The third kappa shape index (κ3) is 7.71. The molecule has 2 rings (SSSR count). The summed E-state index contributed by atoms with van der Waals surface area (Å²) in [6.07, 6.45) is 0.870. The van der Waals surface area contributed by atoms with Crippen LogP contribution in [0.1, 0.15) is 29.3 Å². The Morgan fingerprint density at radius 2 is 1.83 bits per heavy atom. The van der Waals surface area contributed by atoms with E-state index in [1.54, 1.807) is 30.3 Å². The molecule has 0 spiro atoms. The van der Waals surface area contributed by atoms with Gasteiger partial charge in [0.15, 0.2) is 11.7 Å². The smallest absolute Gasteiger partial charge is 0.276 e. The van der Waals surface area contributed by atoms with Crippen molar-refractivity contribution in [3.05, 3.63) is 58.1 Å². The number of ether oxygens (including phenoxy) is 2. The molecule has 29 heavy (non-hydrogen) atoms. The van der Waals surface area contributed by atoms with E-state index in [0.29, 0.717) is 23.7 Å². The number of thiocarbonyl (C=S) groups is 1. The number of hydrogen-bond donors (Lipinski definition) is 3. The van der Waals surface area contributed by atoms with E-state index in [4.69, 9.17) is 21.7 Å². The van der Waals surface area contributed by atoms with Gasteiger partial charge in [-0.3, -0.25) is 25.8 Å². The summed E-state index contributed by atoms with van der Waals surface area (Å²) in [6, 6.07) is 12.2. The standard InChI is InChI=1S/C20H22BrN3O4S/c1-3-9-27-15-6-4-5-14(11-15)19(26)22-20(29)24-23-18(25)12-28-16-7-8-17(21)13(2)10-16/h4-8,10-11H,3,9,12H2,1-2H3,(H,23,25)(H2,22,24,26,29). The van der Waals surface area contributed by atoms with Crippen molar-refractivity contribution < 1.29 is 19.1 Å². The van der Waals surface area contributed by atoms with Crippen LogP contribution in [0.15, 0.2) is 46.9 Å². The van der Waals surface area contributed by atoms with Gasteiger partial charge in [-0.15, -0.1) is 0 Å². The molecular weight excluding hydrogens is 458 g/mol. The van der Waals surface area contributed by atoms with Crippen LogP contribution in [0.3, 0.4) is 0 Å². The van der Waals surface area contributed by atoms with Gasteiger partial charge >= 0.3 is 0 Å². The van der Waals surface area contributed by atoms with Gasteiger partial charge in [0.1, 0.15) is 11.5 Å². The van der Waals surface area contributed by atoms with Gasteiger partial charge < -0.3 is 9.47 Å². The average molecular weight is 480 g/mol. The van der Waals surface area contributed by atoms with Crippen molar-refractivity contribution >= 4 is 45.1 Å². The molecule has 0 aliphatic carbocycles. The summed E-state index contributed by atoms with van der Waals surface area (Å²) in [5.41, 5.74) is 6.23. The lowest BCUT2D eigenvalue weighted by Crippen LogP contribution is -2.49. The summed E-state index contributed by atoms with van der Waals surface area (Å²) in [6.45, 7) is 4.28. The van der Waals surface area contributed by atoms with E-state index in [2.05, 4.69) is 32.1 Å². The predicted octanol–water partition coefficient (Wildman–Crippen LogP) is 3.26. The summed E-state index contributed by atoms with van der Waals surface area (Å²) >= 11 is 8.43. The van der Waals surface area contributed by atoms with Crippen molar-refractivity contribution in [1.82, 2.24) is 16.2 Å². The molecule has 0 heterocycles. The zero-order valence-corrected chi connectivity index (χ0v) is 18.5. The minimum Gasteiger partial charge on any atom is -0.494 e. The maximum absolute atomic E-state index is 12.3. The highest BCUT2D eigenvalue weighted by Crippen LogP contribution is 2.21. The molecule has 2 aromatic carbocycles. The zero-order chi connectivity index (χ0) is 21.2. The van der Waals surface area contributed by atoms with E-state index in [-0.39, 0.29) is 11.7 Å². The van der Waals surface area contributed by atoms with Crippen molar-refractivity contribution in [3.63, 3.8) is 0 Å². The van der Waals surface area contributed by atoms with Gasteiger partial charge in [0.25, 0.3) is 11.8 Å². The van der Waals surface area contributed by atoms with E-state index in [1.807, 2.05) is 26.0 Å². The van der Waals surface area contributed by atoms with E-state index < -0.39 is 11.8 Å². The lowest BCUT2D eigenvalue weighted by atomic mass is 10.2. The second-order valence-electron chi connectivity index (χ2n) is 6.03. The van der Waals surface area contributed by atoms with Crippen LogP contribution in [0.5, 0.6) is 11.5 Å². The number of halogens is 1. The Bertz CT molecular complexity index is 892. The zero-order valence-electron chi connectivity index (χ0n) is 16.1. The van der Waals surface area contributed by atoms with Crippen LogP contribution in [0.25, 0.3) is 0 Å². The molecule has 0 aromatic heterocycles. The predicted molar refractivity (Wildman–Crippen MR) is 118 cm³/mol. The Labute approximate surface area is 183 Å². The number of rotatable bonds is 7. The topological polar surface area (TPSA) is 88.7 Å². The Morgan fingerprint density at radius 3 is 2.55 bits per heavy atom. The number of benzene rings is 2. The molecule has 0 unspecified atom stereocenters. The highest BCUT2D eigenvalue weighted by molar-refractivity contribution is 9.10. The SMILES string of the molecule is CCCOc1cccc(C(=O)NC(=S)NNC(=O)COc2ccc(Br)c(C)c2)c1. The van der Waals surface area contributed by atoms with E-state index >= 15 is 0 Å². The summed E-state index contributed by atoms with van der Waals surface area (Å²) < 4.78 is 11.9. The molecule has 9 heteroatoms. The van der Waals surface area contributed by atoms with Crippen LogP contribution in [0.2, 0.25) is 0 Å². The first-order valence-electron chi connectivity index (χ1n) is 8.91. The van der Waals surface area contributed by atoms with Crippen molar-refractivity contribution in [2.75, 3.05) is 13.2 Å². The van der Waals surface area contributed by atoms with Crippen LogP contribution in [0, 0.1) is 6.92 Å². The number of carbonyl (C=O) groups is 2. The molecule has 0 fully saturated rings. The lowest BCUT2D eigenvalue weighted by molar-refractivity contribution is -0.123. The van der Waals surface area contributed by atoms with E-state index in [0.717, 1.165) is 16.5 Å². The Morgan fingerprint density at radius 1 is 1.07 bits per heavy atom. The fourth-order valence-electron chi connectivity index (χ4n) is 2.17. The first-order valence-corrected chi connectivity index (χ1v) is 10.1. The third-order valence-electron chi connectivity index (χ3n) is 3.61. The molecule has 0 saturated carbocycles. The number of carbonyl (C=O) groups excluding carboxylic acids is 2. The number of nitrogens with one attached hydrogen (secondary N) is 3. The summed E-state index contributed by atoms with van der Waals surface area (Å²) in [4.78, 5) is 24.1. The molecule has 154 valence electrons. The highest BCUT2D eigenvalue weighted by Gasteiger charge is 2.10. The van der Waals surface area contributed by atoms with Crippen LogP contribution in [-0.4, -0.2) is 30.1 Å². The van der Waals surface area contributed by atoms with Crippen LogP contribution >= 0.6 is 28.1 Å². The average Bonchev–Trinajstić information content (AvgIpc) is 2.71. The van der Waals surface area contributed by atoms with Crippen LogP contribution < -0.4 is 25.6 Å². The molecule has 7 nitrogen and oxygen atoms in total. The van der Waals surface area contributed by atoms with Crippen LogP contribution in [0.4, 0.5) is 0 Å². The highest BCUT2D eigenvalue weighted by atomic mass is 79.9. The molecule has 0 bridgehead atoms. The summed E-state index contributed by atoms with van der Waals surface area (Å²) in [5.74, 6) is 0.311. The van der Waals surface area contributed by atoms with Gasteiger partial charge in [0.05, 0.1) is 6.61 Å². The number of aryl methyl sites for hydroxylation is 1. The van der Waals surface area contributed by atoms with Crippen LogP contribution in [-0.2, 0) is 4.79 Å². The second-order valence-corrected chi connectivity index (χ2v) is 7.29. The maximum Gasteiger partial charge on any atom is 0.276 e. The van der Waals surface area contributed by atoms with Crippen molar-refractivity contribution in [1.29, 1.82) is 0 Å². The Hall–Kier alpha value is -2.65. The Balaban J connectivity index is 1.76. The van der Waals surface area contributed by atoms with Crippen molar-refractivity contribution in [2.45, 2.75) is 20.3 Å². The molecule has 3 N–H and O–H groups in total. The van der Waals surface area contributed by atoms with Gasteiger partial charge in [-0.25, -0.2) is 0 Å². The molecule has 0 aliphatic rings.